The Kier molecular flexibility index (Phi) is 7.44. The van der Waals surface area contributed by atoms with Gasteiger partial charge >= 0.3 is 0 Å². The number of carbonyl (C=O) groups excluding carboxylic acids is 1. The molecule has 3 atom stereocenters. The molecule has 1 heterocycles. The summed E-state index contributed by atoms with van der Waals surface area (Å²) in [6.07, 6.45) is 8.60. The van der Waals surface area contributed by atoms with E-state index < -0.39 is 0 Å². The fourth-order valence-electron chi connectivity index (χ4n) is 5.49. The van der Waals surface area contributed by atoms with Crippen molar-refractivity contribution in [2.75, 3.05) is 20.2 Å². The molecular formula is C28H35NO3. The van der Waals surface area contributed by atoms with E-state index in [2.05, 4.69) is 35.2 Å². The van der Waals surface area contributed by atoms with Crippen molar-refractivity contribution in [3.63, 3.8) is 0 Å². The SMILES string of the molecule is CO.O=C1CC2CCN(CC3CC3)C(Cc3ccc(O)cc3)C2C/C1=C\c1ccccc1. The largest absolute Gasteiger partial charge is 0.508 e. The number of phenols is 1. The van der Waals surface area contributed by atoms with E-state index in [1.165, 1.54) is 24.9 Å². The third-order valence-electron chi connectivity index (χ3n) is 7.33. The maximum atomic E-state index is 12.9. The minimum absolute atomic E-state index is 0.325. The molecule has 0 bridgehead atoms. The van der Waals surface area contributed by atoms with E-state index >= 15 is 0 Å². The number of allylic oxidation sites excluding steroid dienone is 1. The number of Topliss-reactive ketones (excluding diaryl/α,β-unsaturated/α-hetero) is 1. The minimum Gasteiger partial charge on any atom is -0.508 e. The van der Waals surface area contributed by atoms with Crippen LogP contribution in [0.4, 0.5) is 0 Å². The van der Waals surface area contributed by atoms with Gasteiger partial charge in [-0.2, -0.15) is 0 Å². The molecule has 4 heteroatoms. The first-order valence-corrected chi connectivity index (χ1v) is 11.9. The molecule has 3 unspecified atom stereocenters. The molecule has 3 fully saturated rings. The number of aromatic hydroxyl groups is 1. The van der Waals surface area contributed by atoms with Gasteiger partial charge in [0.1, 0.15) is 5.75 Å². The van der Waals surface area contributed by atoms with E-state index in [0.717, 1.165) is 50.0 Å². The molecule has 2 N–H and O–H groups in total. The maximum absolute atomic E-state index is 12.9. The summed E-state index contributed by atoms with van der Waals surface area (Å²) in [6, 6.07) is 18.4. The van der Waals surface area contributed by atoms with Crippen molar-refractivity contribution in [2.45, 2.75) is 44.6 Å². The number of ketones is 1. The number of aliphatic hydroxyl groups is 1. The molecule has 1 aliphatic heterocycles. The maximum Gasteiger partial charge on any atom is 0.159 e. The number of piperidine rings is 1. The molecular weight excluding hydrogens is 398 g/mol. The van der Waals surface area contributed by atoms with Crippen LogP contribution in [0.2, 0.25) is 0 Å². The van der Waals surface area contributed by atoms with Crippen molar-refractivity contribution in [1.29, 1.82) is 0 Å². The molecule has 170 valence electrons. The Bertz CT molecular complexity index is 917. The Morgan fingerprint density at radius 3 is 2.38 bits per heavy atom. The van der Waals surface area contributed by atoms with Gasteiger partial charge < -0.3 is 10.2 Å². The summed E-state index contributed by atoms with van der Waals surface area (Å²) in [5, 5.41) is 16.7. The lowest BCUT2D eigenvalue weighted by Gasteiger charge is -2.48. The van der Waals surface area contributed by atoms with Crippen LogP contribution in [0.15, 0.2) is 60.2 Å². The Balaban J connectivity index is 0.00000119. The molecule has 1 saturated heterocycles. The van der Waals surface area contributed by atoms with Crippen molar-refractivity contribution in [3.8, 4) is 5.75 Å². The van der Waals surface area contributed by atoms with Gasteiger partial charge in [0.25, 0.3) is 0 Å². The minimum atomic E-state index is 0.325. The van der Waals surface area contributed by atoms with Gasteiger partial charge in [-0.1, -0.05) is 42.5 Å². The number of phenolic OH excluding ortho intramolecular Hbond substituents is 1. The average Bonchev–Trinajstić information content (AvgIpc) is 3.64. The van der Waals surface area contributed by atoms with Gasteiger partial charge in [-0.25, -0.2) is 0 Å². The van der Waals surface area contributed by atoms with E-state index in [-0.39, 0.29) is 0 Å². The molecule has 0 aromatic heterocycles. The van der Waals surface area contributed by atoms with E-state index in [1.54, 1.807) is 12.1 Å². The fourth-order valence-corrected chi connectivity index (χ4v) is 5.49. The van der Waals surface area contributed by atoms with Gasteiger partial charge in [-0.15, -0.1) is 0 Å². The summed E-state index contributed by atoms with van der Waals surface area (Å²) >= 11 is 0. The van der Waals surface area contributed by atoms with Crippen molar-refractivity contribution in [3.05, 3.63) is 71.3 Å². The van der Waals surface area contributed by atoms with Crippen LogP contribution in [0, 0.1) is 17.8 Å². The Morgan fingerprint density at radius 2 is 1.69 bits per heavy atom. The number of likely N-dealkylation sites (tertiary alicyclic amines) is 1. The lowest BCUT2D eigenvalue weighted by Crippen LogP contribution is -2.52. The van der Waals surface area contributed by atoms with Crippen LogP contribution < -0.4 is 0 Å². The number of benzene rings is 2. The smallest absolute Gasteiger partial charge is 0.159 e. The van der Waals surface area contributed by atoms with Gasteiger partial charge in [0.15, 0.2) is 5.78 Å². The standard InChI is InChI=1S/C27H31NO2.CH4O/c29-24-10-8-20(9-11-24)15-26-25-16-23(14-19-4-2-1-3-5-19)27(30)17-22(25)12-13-28(26)18-21-6-7-21;1-2/h1-5,8-11,14,21-22,25-26,29H,6-7,12-13,15-18H2;2H,1H3/b23-14+;. The lowest BCUT2D eigenvalue weighted by molar-refractivity contribution is -0.120. The highest BCUT2D eigenvalue weighted by molar-refractivity contribution is 6.00. The van der Waals surface area contributed by atoms with Gasteiger partial charge in [0, 0.05) is 26.1 Å². The predicted octanol–water partition coefficient (Wildman–Crippen LogP) is 4.71. The second-order valence-electron chi connectivity index (χ2n) is 9.50. The number of fused-ring (bicyclic) bond motifs is 1. The van der Waals surface area contributed by atoms with Gasteiger partial charge in [0.05, 0.1) is 0 Å². The molecule has 2 aliphatic carbocycles. The Labute approximate surface area is 191 Å². The van der Waals surface area contributed by atoms with Gasteiger partial charge in [-0.05, 0) is 91.3 Å². The molecule has 2 aromatic carbocycles. The fraction of sp³-hybridized carbons (Fsp3) is 0.464. The zero-order valence-corrected chi connectivity index (χ0v) is 19.0. The Hall–Kier alpha value is -2.43. The molecule has 0 radical (unpaired) electrons. The van der Waals surface area contributed by atoms with Crippen LogP contribution in [-0.2, 0) is 11.2 Å². The third-order valence-corrected chi connectivity index (χ3v) is 7.33. The van der Waals surface area contributed by atoms with Crippen molar-refractivity contribution in [1.82, 2.24) is 4.90 Å². The van der Waals surface area contributed by atoms with Crippen molar-refractivity contribution < 1.29 is 15.0 Å². The summed E-state index contributed by atoms with van der Waals surface area (Å²) in [6.45, 7) is 2.32. The summed E-state index contributed by atoms with van der Waals surface area (Å²) in [7, 11) is 1.00. The Morgan fingerprint density at radius 1 is 0.969 bits per heavy atom. The quantitative estimate of drug-likeness (QED) is 0.671. The summed E-state index contributed by atoms with van der Waals surface area (Å²) < 4.78 is 0. The molecule has 0 amide bonds. The average molecular weight is 434 g/mol. The molecule has 4 nitrogen and oxygen atoms in total. The highest BCUT2D eigenvalue weighted by Crippen LogP contribution is 2.43. The van der Waals surface area contributed by atoms with E-state index in [4.69, 9.17) is 5.11 Å². The number of hydrogen-bond acceptors (Lipinski definition) is 4. The van der Waals surface area contributed by atoms with Crippen LogP contribution in [0.25, 0.3) is 6.08 Å². The highest BCUT2D eigenvalue weighted by atomic mass is 16.3. The summed E-state index contributed by atoms with van der Waals surface area (Å²) in [4.78, 5) is 15.6. The first-order valence-electron chi connectivity index (χ1n) is 11.9. The molecule has 2 aromatic rings. The number of rotatable bonds is 5. The number of aliphatic hydroxyl groups excluding tert-OH is 1. The number of carbonyl (C=O) groups is 1. The highest BCUT2D eigenvalue weighted by Gasteiger charge is 2.43. The molecule has 0 spiro atoms. The van der Waals surface area contributed by atoms with Gasteiger partial charge in [-0.3, -0.25) is 9.69 Å². The van der Waals surface area contributed by atoms with Crippen LogP contribution in [0.3, 0.4) is 0 Å². The zero-order chi connectivity index (χ0) is 22.5. The van der Waals surface area contributed by atoms with E-state index in [1.807, 2.05) is 18.2 Å². The van der Waals surface area contributed by atoms with Crippen molar-refractivity contribution >= 4 is 11.9 Å². The molecule has 3 aliphatic rings. The van der Waals surface area contributed by atoms with Crippen LogP contribution >= 0.6 is 0 Å². The predicted molar refractivity (Wildman–Crippen MR) is 128 cm³/mol. The van der Waals surface area contributed by atoms with Gasteiger partial charge in [0.2, 0.25) is 0 Å². The summed E-state index contributed by atoms with van der Waals surface area (Å²) in [5.74, 6) is 2.57. The van der Waals surface area contributed by atoms with Crippen LogP contribution in [0.5, 0.6) is 5.75 Å². The van der Waals surface area contributed by atoms with Crippen LogP contribution in [0.1, 0.15) is 43.2 Å². The first kappa shape index (κ1) is 22.8. The molecule has 2 saturated carbocycles. The van der Waals surface area contributed by atoms with Crippen LogP contribution in [-0.4, -0.2) is 47.1 Å². The third kappa shape index (κ3) is 5.48. The second-order valence-corrected chi connectivity index (χ2v) is 9.50. The monoisotopic (exact) mass is 433 g/mol. The second kappa shape index (κ2) is 10.5. The molecule has 5 rings (SSSR count). The lowest BCUT2D eigenvalue weighted by atomic mass is 9.67. The topological polar surface area (TPSA) is 60.8 Å². The zero-order valence-electron chi connectivity index (χ0n) is 19.0. The van der Waals surface area contributed by atoms with E-state index in [0.29, 0.717) is 35.8 Å². The normalized spacial score (nSPS) is 26.9. The molecule has 32 heavy (non-hydrogen) atoms. The van der Waals surface area contributed by atoms with E-state index in [9.17, 15) is 9.90 Å². The number of nitrogens with zero attached hydrogens (tertiary/aromatic N) is 1. The van der Waals surface area contributed by atoms with Crippen molar-refractivity contribution in [2.24, 2.45) is 17.8 Å². The summed E-state index contributed by atoms with van der Waals surface area (Å²) in [5.41, 5.74) is 3.41. The first-order chi connectivity index (χ1) is 15.7. The number of hydrogen-bond donors (Lipinski definition) is 2.